The van der Waals surface area contributed by atoms with Crippen molar-refractivity contribution in [1.82, 2.24) is 16.0 Å². The van der Waals surface area contributed by atoms with Gasteiger partial charge in [0.05, 0.1) is 12.6 Å². The van der Waals surface area contributed by atoms with Crippen LogP contribution in [0.1, 0.15) is 33.1 Å². The van der Waals surface area contributed by atoms with Gasteiger partial charge in [0.1, 0.15) is 18.1 Å². The van der Waals surface area contributed by atoms with Crippen LogP contribution in [-0.4, -0.2) is 81.5 Å². The zero-order valence-electron chi connectivity index (χ0n) is 16.8. The van der Waals surface area contributed by atoms with Crippen molar-refractivity contribution in [3.63, 3.8) is 0 Å². The Labute approximate surface area is 179 Å². The zero-order valence-corrected chi connectivity index (χ0v) is 17.7. The first-order valence-electron chi connectivity index (χ1n) is 9.25. The summed E-state index contributed by atoms with van der Waals surface area (Å²) in [6.07, 6.45) is -0.350. The van der Waals surface area contributed by atoms with E-state index in [1.54, 1.807) is 13.8 Å². The molecular weight excluding hydrogens is 420 g/mol. The molecule has 0 fully saturated rings. The number of thiol groups is 1. The topological polar surface area (TPSA) is 208 Å². The van der Waals surface area contributed by atoms with Crippen LogP contribution in [0.3, 0.4) is 0 Å². The summed E-state index contributed by atoms with van der Waals surface area (Å²) >= 11 is 3.86. The van der Waals surface area contributed by atoms with Crippen LogP contribution >= 0.6 is 12.6 Å². The Morgan fingerprint density at radius 3 is 1.83 bits per heavy atom. The van der Waals surface area contributed by atoms with Gasteiger partial charge in [-0.25, -0.2) is 4.79 Å². The summed E-state index contributed by atoms with van der Waals surface area (Å²) in [5.41, 5.74) is 5.57. The molecule has 0 aromatic heterocycles. The van der Waals surface area contributed by atoms with Crippen molar-refractivity contribution in [3.05, 3.63) is 0 Å². The average Bonchev–Trinajstić information content (AvgIpc) is 2.66. The second-order valence-corrected chi connectivity index (χ2v) is 7.42. The van der Waals surface area contributed by atoms with Gasteiger partial charge >= 0.3 is 11.9 Å². The highest BCUT2D eigenvalue weighted by Gasteiger charge is 2.30. The minimum absolute atomic E-state index is 0.0491. The van der Waals surface area contributed by atoms with Gasteiger partial charge in [0.2, 0.25) is 17.7 Å². The first-order chi connectivity index (χ1) is 13.9. The minimum Gasteiger partial charge on any atom is -0.481 e. The largest absolute Gasteiger partial charge is 0.481 e. The summed E-state index contributed by atoms with van der Waals surface area (Å²) < 4.78 is 0. The van der Waals surface area contributed by atoms with Gasteiger partial charge in [-0.2, -0.15) is 12.6 Å². The number of nitrogens with two attached hydrogens (primary N) is 1. The molecule has 0 aliphatic carbocycles. The fourth-order valence-corrected chi connectivity index (χ4v) is 2.56. The van der Waals surface area contributed by atoms with E-state index in [0.29, 0.717) is 0 Å². The van der Waals surface area contributed by atoms with Crippen LogP contribution in [-0.2, 0) is 24.0 Å². The van der Waals surface area contributed by atoms with E-state index in [1.807, 2.05) is 0 Å². The second-order valence-electron chi connectivity index (χ2n) is 7.06. The predicted octanol–water partition coefficient (Wildman–Crippen LogP) is -2.31. The Kier molecular flexibility index (Phi) is 12.7. The molecule has 0 aromatic carbocycles. The number of carbonyl (C=O) groups is 5. The molecule has 0 spiro atoms. The minimum atomic E-state index is -1.43. The van der Waals surface area contributed by atoms with Crippen molar-refractivity contribution in [1.29, 1.82) is 0 Å². The summed E-state index contributed by atoms with van der Waals surface area (Å²) in [5.74, 6) is -5.10. The molecule has 0 radical (unpaired) electrons. The third-order valence-corrected chi connectivity index (χ3v) is 4.32. The highest BCUT2D eigenvalue weighted by Crippen LogP contribution is 2.06. The third kappa shape index (κ3) is 10.4. The monoisotopic (exact) mass is 450 g/mol. The molecule has 0 heterocycles. The van der Waals surface area contributed by atoms with E-state index >= 15 is 0 Å². The molecule has 12 nitrogen and oxygen atoms in total. The number of rotatable bonds is 14. The van der Waals surface area contributed by atoms with Gasteiger partial charge in [-0.05, 0) is 18.8 Å². The standard InChI is InChI=1S/C17H30N4O8S/c1-8(2)5-10(15(26)21-12(7-30)17(28)29)19-16(27)11(6-22)20-14(25)9(18)3-4-13(23)24/h8-12,22,30H,3-7,18H2,1-2H3,(H,19,27)(H,20,25)(H,21,26)(H,23,24)(H,28,29). The fourth-order valence-electron chi connectivity index (χ4n) is 2.32. The maximum absolute atomic E-state index is 12.5. The van der Waals surface area contributed by atoms with Gasteiger partial charge in [-0.15, -0.1) is 0 Å². The molecule has 0 aromatic rings. The molecule has 0 saturated carbocycles. The van der Waals surface area contributed by atoms with E-state index in [1.165, 1.54) is 0 Å². The van der Waals surface area contributed by atoms with Crippen molar-refractivity contribution >= 4 is 42.3 Å². The highest BCUT2D eigenvalue weighted by atomic mass is 32.1. The van der Waals surface area contributed by atoms with Crippen LogP contribution in [0.2, 0.25) is 0 Å². The number of aliphatic hydroxyl groups is 1. The van der Waals surface area contributed by atoms with Crippen LogP contribution in [0.25, 0.3) is 0 Å². The van der Waals surface area contributed by atoms with Crippen LogP contribution in [0.5, 0.6) is 0 Å². The molecule has 0 saturated heterocycles. The fraction of sp³-hybridized carbons (Fsp3) is 0.706. The molecule has 0 rings (SSSR count). The van der Waals surface area contributed by atoms with E-state index in [2.05, 4.69) is 28.6 Å². The van der Waals surface area contributed by atoms with Crippen LogP contribution in [0, 0.1) is 5.92 Å². The Hall–Kier alpha value is -2.38. The molecular formula is C17H30N4O8S. The van der Waals surface area contributed by atoms with Gasteiger partial charge in [0.15, 0.2) is 0 Å². The number of carboxylic acids is 2. The summed E-state index contributed by atoms with van der Waals surface area (Å²) in [6, 6.07) is -5.01. The number of aliphatic hydroxyl groups excluding tert-OH is 1. The summed E-state index contributed by atoms with van der Waals surface area (Å²) in [5, 5.41) is 34.0. The van der Waals surface area contributed by atoms with Gasteiger partial charge in [-0.3, -0.25) is 19.2 Å². The number of carboxylic acid groups (broad SMARTS) is 2. The van der Waals surface area contributed by atoms with Crippen molar-refractivity contribution < 1.29 is 39.3 Å². The lowest BCUT2D eigenvalue weighted by Crippen LogP contribution is -2.58. The van der Waals surface area contributed by atoms with Gasteiger partial charge < -0.3 is 37.0 Å². The lowest BCUT2D eigenvalue weighted by molar-refractivity contribution is -0.142. The highest BCUT2D eigenvalue weighted by molar-refractivity contribution is 7.80. The van der Waals surface area contributed by atoms with Crippen LogP contribution in [0.15, 0.2) is 0 Å². The molecule has 0 bridgehead atoms. The molecule has 0 aliphatic rings. The Balaban J connectivity index is 5.12. The van der Waals surface area contributed by atoms with Crippen LogP contribution in [0.4, 0.5) is 0 Å². The first-order valence-corrected chi connectivity index (χ1v) is 9.89. The quantitative estimate of drug-likeness (QED) is 0.133. The number of aliphatic carboxylic acids is 2. The second kappa shape index (κ2) is 13.8. The number of hydrogen-bond donors (Lipinski definition) is 8. The number of carbonyl (C=O) groups excluding carboxylic acids is 3. The Morgan fingerprint density at radius 1 is 0.900 bits per heavy atom. The summed E-state index contributed by atoms with van der Waals surface area (Å²) in [4.78, 5) is 58.5. The molecule has 8 N–H and O–H groups in total. The lowest BCUT2D eigenvalue weighted by atomic mass is 10.0. The van der Waals surface area contributed by atoms with Gasteiger partial charge in [0.25, 0.3) is 0 Å². The Bertz CT molecular complexity index is 631. The average molecular weight is 451 g/mol. The molecule has 0 aliphatic heterocycles. The zero-order chi connectivity index (χ0) is 23.4. The summed E-state index contributed by atoms with van der Waals surface area (Å²) in [6.45, 7) is 2.77. The molecule has 13 heteroatoms. The number of amides is 3. The van der Waals surface area contributed by atoms with Gasteiger partial charge in [-0.1, -0.05) is 13.8 Å². The SMILES string of the molecule is CC(C)CC(NC(=O)C(CO)NC(=O)C(N)CCC(=O)O)C(=O)NC(CS)C(=O)O. The first kappa shape index (κ1) is 27.6. The smallest absolute Gasteiger partial charge is 0.327 e. The third-order valence-electron chi connectivity index (χ3n) is 3.96. The van der Waals surface area contributed by atoms with E-state index in [0.717, 1.165) is 0 Å². The van der Waals surface area contributed by atoms with Crippen molar-refractivity contribution in [2.75, 3.05) is 12.4 Å². The molecule has 4 unspecified atom stereocenters. The Morgan fingerprint density at radius 2 is 1.40 bits per heavy atom. The van der Waals surface area contributed by atoms with Crippen molar-refractivity contribution in [2.45, 2.75) is 57.3 Å². The lowest BCUT2D eigenvalue weighted by Gasteiger charge is -2.25. The molecule has 3 amide bonds. The molecule has 4 atom stereocenters. The maximum Gasteiger partial charge on any atom is 0.327 e. The van der Waals surface area contributed by atoms with E-state index in [4.69, 9.17) is 15.9 Å². The molecule has 172 valence electrons. The normalized spacial score (nSPS) is 14.9. The summed E-state index contributed by atoms with van der Waals surface area (Å²) in [7, 11) is 0. The number of hydrogen-bond acceptors (Lipinski definition) is 8. The van der Waals surface area contributed by atoms with E-state index in [-0.39, 0.29) is 30.9 Å². The van der Waals surface area contributed by atoms with E-state index in [9.17, 15) is 29.1 Å². The van der Waals surface area contributed by atoms with Crippen molar-refractivity contribution in [3.8, 4) is 0 Å². The van der Waals surface area contributed by atoms with Gasteiger partial charge in [0, 0.05) is 12.2 Å². The number of nitrogens with one attached hydrogen (secondary N) is 3. The predicted molar refractivity (Wildman–Crippen MR) is 109 cm³/mol. The van der Waals surface area contributed by atoms with Crippen molar-refractivity contribution in [2.24, 2.45) is 11.7 Å². The van der Waals surface area contributed by atoms with Crippen LogP contribution < -0.4 is 21.7 Å². The molecule has 30 heavy (non-hydrogen) atoms. The maximum atomic E-state index is 12.5. The van der Waals surface area contributed by atoms with E-state index < -0.39 is 60.4 Å².